The Balaban J connectivity index is 1.25. The first-order valence-electron chi connectivity index (χ1n) is 12.2. The molecule has 0 amide bonds. The van der Waals surface area contributed by atoms with Crippen LogP contribution in [0.4, 0.5) is 10.2 Å². The summed E-state index contributed by atoms with van der Waals surface area (Å²) in [6, 6.07) is 7.67. The summed E-state index contributed by atoms with van der Waals surface area (Å²) in [6.07, 6.45) is 10.3. The second-order valence-electron chi connectivity index (χ2n) is 9.65. The van der Waals surface area contributed by atoms with Gasteiger partial charge in [-0.05, 0) is 62.1 Å². The predicted molar refractivity (Wildman–Crippen MR) is 133 cm³/mol. The minimum absolute atomic E-state index is 0.0635. The molecule has 1 aromatic carbocycles. The highest BCUT2D eigenvalue weighted by Crippen LogP contribution is 2.39. The second-order valence-corrected chi connectivity index (χ2v) is 10.5. The monoisotopic (exact) mass is 493 g/mol. The molecule has 1 saturated carbocycles. The van der Waals surface area contributed by atoms with Gasteiger partial charge in [0.25, 0.3) is 0 Å². The number of hydrogen-bond acceptors (Lipinski definition) is 9. The van der Waals surface area contributed by atoms with E-state index in [0.29, 0.717) is 29.3 Å². The van der Waals surface area contributed by atoms with Crippen molar-refractivity contribution < 1.29 is 9.50 Å². The number of phenolic OH excluding ortho intramolecular Hbond substituents is 1. The largest absolute Gasteiger partial charge is 0.507 e. The van der Waals surface area contributed by atoms with Crippen molar-refractivity contribution in [1.29, 1.82) is 0 Å². The summed E-state index contributed by atoms with van der Waals surface area (Å²) in [7, 11) is 0. The summed E-state index contributed by atoms with van der Waals surface area (Å²) in [6.45, 7) is 0. The molecule has 8 nitrogen and oxygen atoms in total. The molecule has 0 spiro atoms. The lowest BCUT2D eigenvalue weighted by Crippen LogP contribution is -2.62. The lowest BCUT2D eigenvalue weighted by molar-refractivity contribution is 0.104. The van der Waals surface area contributed by atoms with E-state index in [4.69, 9.17) is 0 Å². The molecule has 6 rings (SSSR count). The molecule has 4 heterocycles. The van der Waals surface area contributed by atoms with Crippen molar-refractivity contribution in [2.75, 3.05) is 11.2 Å². The number of aromatic nitrogens is 5. The Morgan fingerprint density at radius 1 is 1.06 bits per heavy atom. The molecule has 2 aliphatic heterocycles. The first-order valence-corrected chi connectivity index (χ1v) is 13.4. The SMILES string of the molecule is CSc1cc(-c2ccc(-c3ncc(N(C4CC4)[C@H]4C[C@@H]5CCC[C@@H](N5)[C@H]4F)nn3)c(O)c2)cnn1. The van der Waals surface area contributed by atoms with Gasteiger partial charge in [0, 0.05) is 23.7 Å². The third kappa shape index (κ3) is 4.45. The normalized spacial score (nSPS) is 25.9. The fraction of sp³-hybridized carbons (Fsp3) is 0.480. The van der Waals surface area contributed by atoms with Crippen molar-refractivity contribution in [1.82, 2.24) is 30.7 Å². The number of thioether (sulfide) groups is 1. The van der Waals surface area contributed by atoms with Gasteiger partial charge in [0.2, 0.25) is 0 Å². The Labute approximate surface area is 207 Å². The number of nitrogens with one attached hydrogen (secondary N) is 1. The van der Waals surface area contributed by atoms with Crippen molar-refractivity contribution >= 4 is 17.6 Å². The molecule has 2 N–H and O–H groups in total. The van der Waals surface area contributed by atoms with Crippen LogP contribution in [-0.2, 0) is 0 Å². The first kappa shape index (κ1) is 22.6. The van der Waals surface area contributed by atoms with Crippen LogP contribution in [0.2, 0.25) is 0 Å². The number of fused-ring (bicyclic) bond motifs is 2. The molecular weight excluding hydrogens is 465 g/mol. The molecule has 3 fully saturated rings. The van der Waals surface area contributed by atoms with E-state index in [1.165, 1.54) is 11.8 Å². The molecule has 3 aromatic rings. The molecule has 0 unspecified atom stereocenters. The smallest absolute Gasteiger partial charge is 0.185 e. The van der Waals surface area contributed by atoms with Gasteiger partial charge in [-0.3, -0.25) is 0 Å². The summed E-state index contributed by atoms with van der Waals surface area (Å²) in [5.74, 6) is 1.02. The zero-order valence-electron chi connectivity index (χ0n) is 19.5. The lowest BCUT2D eigenvalue weighted by atomic mass is 9.82. The number of rotatable bonds is 6. The summed E-state index contributed by atoms with van der Waals surface area (Å²) >= 11 is 1.51. The lowest BCUT2D eigenvalue weighted by Gasteiger charge is -2.47. The Kier molecular flexibility index (Phi) is 6.01. The van der Waals surface area contributed by atoms with E-state index in [9.17, 15) is 5.11 Å². The van der Waals surface area contributed by atoms with Crippen molar-refractivity contribution in [2.45, 2.75) is 73.9 Å². The molecule has 2 saturated heterocycles. The van der Waals surface area contributed by atoms with Crippen LogP contribution >= 0.6 is 11.8 Å². The Hall–Kier alpha value is -2.85. The highest BCUT2D eigenvalue weighted by Gasteiger charge is 2.46. The third-order valence-corrected chi connectivity index (χ3v) is 7.94. The van der Waals surface area contributed by atoms with Crippen molar-refractivity contribution in [3.05, 3.63) is 36.7 Å². The van der Waals surface area contributed by atoms with Gasteiger partial charge in [-0.15, -0.1) is 27.1 Å². The summed E-state index contributed by atoms with van der Waals surface area (Å²) < 4.78 is 15.5. The van der Waals surface area contributed by atoms with E-state index < -0.39 is 6.17 Å². The molecule has 3 aliphatic rings. The molecule has 35 heavy (non-hydrogen) atoms. The number of halogens is 1. The van der Waals surface area contributed by atoms with E-state index in [0.717, 1.165) is 54.7 Å². The highest BCUT2D eigenvalue weighted by molar-refractivity contribution is 7.98. The molecule has 182 valence electrons. The average molecular weight is 494 g/mol. The summed E-state index contributed by atoms with van der Waals surface area (Å²) in [5, 5.41) is 31.9. The molecule has 1 aliphatic carbocycles. The highest BCUT2D eigenvalue weighted by atomic mass is 32.2. The summed E-state index contributed by atoms with van der Waals surface area (Å²) in [4.78, 5) is 6.65. The van der Waals surface area contributed by atoms with Crippen LogP contribution in [0.1, 0.15) is 38.5 Å². The Bertz CT molecular complexity index is 1210. The van der Waals surface area contributed by atoms with Gasteiger partial charge in [0.1, 0.15) is 16.9 Å². The minimum Gasteiger partial charge on any atom is -0.507 e. The number of piperidine rings is 2. The van der Waals surface area contributed by atoms with Crippen LogP contribution in [0.25, 0.3) is 22.5 Å². The third-order valence-electron chi connectivity index (χ3n) is 7.32. The van der Waals surface area contributed by atoms with Crippen LogP contribution in [0.15, 0.2) is 41.7 Å². The van der Waals surface area contributed by atoms with E-state index in [-0.39, 0.29) is 17.8 Å². The topological polar surface area (TPSA) is 100.0 Å². The maximum absolute atomic E-state index is 15.5. The van der Waals surface area contributed by atoms with Crippen LogP contribution < -0.4 is 10.2 Å². The standard InChI is InChI=1S/C25H28FN7OS/c1-35-23-10-15(12-28-31-23)14-5-8-18(21(34)9-14)25-27-13-22(30-32-25)33(17-6-7-17)20-11-16-3-2-4-19(29-16)24(20)26/h5,8-10,12-13,16-17,19-20,24,29,34H,2-4,6-7,11H2,1H3/t16-,19+,20-,24+/m0/s1. The Morgan fingerprint density at radius 3 is 2.69 bits per heavy atom. The van der Waals surface area contributed by atoms with Crippen molar-refractivity contribution in [3.63, 3.8) is 0 Å². The van der Waals surface area contributed by atoms with Crippen molar-refractivity contribution in [3.8, 4) is 28.3 Å². The average Bonchev–Trinajstić information content (AvgIpc) is 3.73. The van der Waals surface area contributed by atoms with Gasteiger partial charge in [-0.1, -0.05) is 12.5 Å². The van der Waals surface area contributed by atoms with E-state index in [1.807, 2.05) is 18.4 Å². The number of benzene rings is 1. The minimum atomic E-state index is -0.931. The van der Waals surface area contributed by atoms with Crippen LogP contribution in [-0.4, -0.2) is 67.1 Å². The zero-order valence-corrected chi connectivity index (χ0v) is 20.3. The molecule has 10 heteroatoms. The molecule has 2 bridgehead atoms. The van der Waals surface area contributed by atoms with E-state index in [2.05, 4.69) is 35.6 Å². The van der Waals surface area contributed by atoms with Crippen LogP contribution in [0.3, 0.4) is 0 Å². The fourth-order valence-electron chi connectivity index (χ4n) is 5.44. The maximum Gasteiger partial charge on any atom is 0.185 e. The van der Waals surface area contributed by atoms with Crippen LogP contribution in [0, 0.1) is 0 Å². The first-order chi connectivity index (χ1) is 17.1. The number of phenols is 1. The number of anilines is 1. The van der Waals surface area contributed by atoms with Gasteiger partial charge < -0.3 is 15.3 Å². The van der Waals surface area contributed by atoms with E-state index >= 15 is 4.39 Å². The zero-order chi connectivity index (χ0) is 23.9. The van der Waals surface area contributed by atoms with Crippen LogP contribution in [0.5, 0.6) is 5.75 Å². The van der Waals surface area contributed by atoms with E-state index in [1.54, 1.807) is 24.5 Å². The second kappa shape index (κ2) is 9.31. The fourth-order valence-corrected chi connectivity index (χ4v) is 5.82. The van der Waals surface area contributed by atoms with Crippen molar-refractivity contribution in [2.24, 2.45) is 0 Å². The van der Waals surface area contributed by atoms with Gasteiger partial charge in [-0.2, -0.15) is 5.10 Å². The van der Waals surface area contributed by atoms with Gasteiger partial charge in [-0.25, -0.2) is 9.37 Å². The number of hydrogen-bond donors (Lipinski definition) is 2. The maximum atomic E-state index is 15.5. The Morgan fingerprint density at radius 2 is 1.94 bits per heavy atom. The molecule has 4 atom stereocenters. The molecule has 0 radical (unpaired) electrons. The van der Waals surface area contributed by atoms with Gasteiger partial charge in [0.05, 0.1) is 24.0 Å². The number of nitrogens with zero attached hydrogens (tertiary/aromatic N) is 6. The van der Waals surface area contributed by atoms with Gasteiger partial charge >= 0.3 is 0 Å². The van der Waals surface area contributed by atoms with Gasteiger partial charge in [0.15, 0.2) is 11.6 Å². The quantitative estimate of drug-likeness (QED) is 0.493. The molecule has 2 aromatic heterocycles. The predicted octanol–water partition coefficient (Wildman–Crippen LogP) is 4.01. The summed E-state index contributed by atoms with van der Waals surface area (Å²) in [5.41, 5.74) is 2.19. The number of aromatic hydroxyl groups is 1. The molecular formula is C25H28FN7OS. The number of alkyl halides is 1.